The number of nitrogens with one attached hydrogen (secondary N) is 1. The maximum absolute atomic E-state index is 12.6. The fourth-order valence-electron chi connectivity index (χ4n) is 7.45. The van der Waals surface area contributed by atoms with E-state index in [1.807, 2.05) is 20.8 Å². The van der Waals surface area contributed by atoms with E-state index in [2.05, 4.69) is 116 Å². The number of hydrogen-bond donors (Lipinski definition) is 1. The fourth-order valence-corrected chi connectivity index (χ4v) is 10.1. The number of carbonyl (C=O) groups excluding carboxylic acids is 1. The second kappa shape index (κ2) is 17.1. The summed E-state index contributed by atoms with van der Waals surface area (Å²) in [6, 6.07) is 18.3. The molecule has 0 saturated heterocycles. The largest absolute Gasteiger partial charge is 0.500 e. The molecule has 2 aromatic rings. The molecule has 8 heteroatoms. The van der Waals surface area contributed by atoms with Crippen LogP contribution in [0.1, 0.15) is 98.6 Å². The molecule has 1 N–H and O–H groups in total. The second-order valence-corrected chi connectivity index (χ2v) is 16.5. The maximum atomic E-state index is 12.6. The number of para-hydroxylation sites is 2. The third-order valence-electron chi connectivity index (χ3n) is 9.78. The van der Waals surface area contributed by atoms with Crippen LogP contribution in [0.5, 0.6) is 0 Å². The number of allylic oxidation sites excluding steroid dienone is 4. The number of anilines is 1. The summed E-state index contributed by atoms with van der Waals surface area (Å²) in [6.07, 6.45) is 11.1. The van der Waals surface area contributed by atoms with Crippen molar-refractivity contribution in [3.63, 3.8) is 0 Å². The summed E-state index contributed by atoms with van der Waals surface area (Å²) in [7, 11) is -2.67. The molecule has 0 bridgehead atoms. The number of benzene rings is 2. The van der Waals surface area contributed by atoms with Gasteiger partial charge >= 0.3 is 8.80 Å². The lowest BCUT2D eigenvalue weighted by Crippen LogP contribution is -2.46. The maximum Gasteiger partial charge on any atom is 0.500 e. The van der Waals surface area contributed by atoms with Crippen molar-refractivity contribution in [1.29, 1.82) is 0 Å². The van der Waals surface area contributed by atoms with Gasteiger partial charge in [-0.25, -0.2) is 0 Å². The number of hydrogen-bond acceptors (Lipinski definition) is 5. The first-order valence-electron chi connectivity index (χ1n) is 18.2. The van der Waals surface area contributed by atoms with Crippen molar-refractivity contribution < 1.29 is 22.6 Å². The lowest BCUT2D eigenvalue weighted by Gasteiger charge is -2.28. The van der Waals surface area contributed by atoms with Crippen LogP contribution in [0.15, 0.2) is 72.5 Å². The minimum Gasteiger partial charge on any atom is -0.374 e. The average Bonchev–Trinajstić information content (AvgIpc) is 3.42. The van der Waals surface area contributed by atoms with Crippen LogP contribution in [0.2, 0.25) is 6.04 Å². The molecule has 0 spiro atoms. The van der Waals surface area contributed by atoms with Gasteiger partial charge in [-0.05, 0) is 78.5 Å². The van der Waals surface area contributed by atoms with E-state index in [4.69, 9.17) is 13.3 Å². The summed E-state index contributed by atoms with van der Waals surface area (Å²) in [5.74, 6) is 0.112. The molecule has 0 fully saturated rings. The number of likely N-dealkylation sites (N-methyl/N-ethyl adjacent to an activating group) is 1. The van der Waals surface area contributed by atoms with Crippen molar-refractivity contribution in [3.05, 3.63) is 83.6 Å². The molecule has 7 nitrogen and oxygen atoms in total. The highest BCUT2D eigenvalue weighted by molar-refractivity contribution is 6.60. The summed E-state index contributed by atoms with van der Waals surface area (Å²) < 4.78 is 20.3. The molecule has 48 heavy (non-hydrogen) atoms. The van der Waals surface area contributed by atoms with E-state index in [1.165, 1.54) is 33.9 Å². The fraction of sp³-hybridized carbons (Fsp3) is 0.550. The van der Waals surface area contributed by atoms with Crippen LogP contribution in [-0.4, -0.2) is 64.5 Å². The number of unbranched alkanes of at least 4 members (excludes halogenated alkanes) is 2. The van der Waals surface area contributed by atoms with Gasteiger partial charge < -0.3 is 23.5 Å². The molecule has 2 aliphatic heterocycles. The summed E-state index contributed by atoms with van der Waals surface area (Å²) >= 11 is 0. The Kier molecular flexibility index (Phi) is 13.4. The quantitative estimate of drug-likeness (QED) is 0.0921. The highest BCUT2D eigenvalue weighted by Crippen LogP contribution is 2.47. The Bertz CT molecular complexity index is 1460. The molecular formula is C40H60N3O4Si+. The molecule has 0 radical (unpaired) electrons. The van der Waals surface area contributed by atoms with Crippen molar-refractivity contribution in [2.24, 2.45) is 0 Å². The Labute approximate surface area is 291 Å². The number of amides is 1. The van der Waals surface area contributed by atoms with Crippen LogP contribution in [0.4, 0.5) is 11.4 Å². The summed E-state index contributed by atoms with van der Waals surface area (Å²) in [4.78, 5) is 15.1. The number of fused-ring (bicyclic) bond motifs is 2. The minimum atomic E-state index is -2.67. The van der Waals surface area contributed by atoms with Crippen LogP contribution in [0.25, 0.3) is 0 Å². The highest BCUT2D eigenvalue weighted by atomic mass is 28.4. The topological polar surface area (TPSA) is 63.0 Å². The van der Waals surface area contributed by atoms with Crippen molar-refractivity contribution >= 4 is 31.8 Å². The summed E-state index contributed by atoms with van der Waals surface area (Å²) in [5.41, 5.74) is 7.86. The van der Waals surface area contributed by atoms with E-state index in [0.29, 0.717) is 38.8 Å². The number of nitrogens with zero attached hydrogens (tertiary/aromatic N) is 2. The molecule has 1 amide bonds. The van der Waals surface area contributed by atoms with Gasteiger partial charge in [0.05, 0.1) is 5.41 Å². The number of carbonyl (C=O) groups is 1. The van der Waals surface area contributed by atoms with E-state index >= 15 is 0 Å². The number of rotatable bonds is 19. The van der Waals surface area contributed by atoms with Crippen molar-refractivity contribution in [1.82, 2.24) is 5.32 Å². The van der Waals surface area contributed by atoms with E-state index < -0.39 is 8.80 Å². The third-order valence-corrected chi connectivity index (χ3v) is 12.9. The van der Waals surface area contributed by atoms with Crippen LogP contribution >= 0.6 is 0 Å². The van der Waals surface area contributed by atoms with Gasteiger partial charge in [0.1, 0.15) is 6.54 Å². The van der Waals surface area contributed by atoms with Gasteiger partial charge in [-0.1, -0.05) is 56.3 Å². The molecule has 0 unspecified atom stereocenters. The van der Waals surface area contributed by atoms with Gasteiger partial charge in [-0.3, -0.25) is 4.79 Å². The molecule has 2 aromatic carbocycles. The molecule has 2 aliphatic rings. The molecular weight excluding hydrogens is 615 g/mol. The molecule has 0 saturated carbocycles. The zero-order chi connectivity index (χ0) is 34.8. The first kappa shape index (κ1) is 37.8. The molecule has 262 valence electrons. The molecule has 4 rings (SSSR count). The Morgan fingerprint density at radius 3 is 2.15 bits per heavy atom. The summed E-state index contributed by atoms with van der Waals surface area (Å²) in [6.45, 7) is 21.6. The lowest BCUT2D eigenvalue weighted by atomic mass is 9.81. The van der Waals surface area contributed by atoms with Crippen LogP contribution in [0, 0.1) is 0 Å². The summed E-state index contributed by atoms with van der Waals surface area (Å²) in [5, 5.41) is 3.09. The minimum absolute atomic E-state index is 0.0511. The zero-order valence-corrected chi connectivity index (χ0v) is 31.9. The van der Waals surface area contributed by atoms with E-state index in [0.717, 1.165) is 38.8 Å². The Balaban J connectivity index is 1.36. The monoisotopic (exact) mass is 674 g/mol. The first-order chi connectivity index (χ1) is 23.1. The lowest BCUT2D eigenvalue weighted by molar-refractivity contribution is -0.438. The SMILES string of the molecule is CCO[Si](CCCNC(=O)CCCCC[N+]1=C(C=CC=C2N(CC)c3ccccc3C2(C)C)C(C)(C)c2ccccc21)(OCC)OCC. The molecule has 0 aliphatic carbocycles. The van der Waals surface area contributed by atoms with E-state index in [1.54, 1.807) is 0 Å². The molecule has 2 heterocycles. The normalized spacial score (nSPS) is 17.4. The van der Waals surface area contributed by atoms with Crippen LogP contribution < -0.4 is 10.2 Å². The first-order valence-corrected chi connectivity index (χ1v) is 20.2. The smallest absolute Gasteiger partial charge is 0.374 e. The standard InChI is InChI=1S/C40H59N3O4Si/c1-9-42-34-24-17-15-22-32(34)39(5,6)36(42)26-20-27-37-40(7,8)33-23-16-18-25-35(33)43(37)30-19-13-14-28-38(44)41-29-21-31-48(45-10-2,46-11-3)47-12-4/h15-18,20,22-27H,9-14,19,21,28-31H2,1-8H3/p+1. The Morgan fingerprint density at radius 1 is 0.833 bits per heavy atom. The van der Waals surface area contributed by atoms with Gasteiger partial charge in [0.15, 0.2) is 5.71 Å². The average molecular weight is 675 g/mol. The Morgan fingerprint density at radius 2 is 1.48 bits per heavy atom. The van der Waals surface area contributed by atoms with Gasteiger partial charge in [0.2, 0.25) is 11.6 Å². The predicted octanol–water partition coefficient (Wildman–Crippen LogP) is 8.44. The highest BCUT2D eigenvalue weighted by Gasteiger charge is 2.44. The zero-order valence-electron chi connectivity index (χ0n) is 30.9. The third kappa shape index (κ3) is 8.39. The van der Waals surface area contributed by atoms with Crippen molar-refractivity contribution in [3.8, 4) is 0 Å². The van der Waals surface area contributed by atoms with Crippen LogP contribution in [0.3, 0.4) is 0 Å². The van der Waals surface area contributed by atoms with Crippen molar-refractivity contribution in [2.45, 2.75) is 104 Å². The van der Waals surface area contributed by atoms with Crippen molar-refractivity contribution in [2.75, 3.05) is 44.4 Å². The molecule has 0 atom stereocenters. The molecule has 0 aromatic heterocycles. The second-order valence-electron chi connectivity index (χ2n) is 13.7. The van der Waals surface area contributed by atoms with E-state index in [9.17, 15) is 4.79 Å². The van der Waals surface area contributed by atoms with E-state index in [-0.39, 0.29) is 16.7 Å². The van der Waals surface area contributed by atoms with Gasteiger partial charge in [-0.15, -0.1) is 0 Å². The predicted molar refractivity (Wildman–Crippen MR) is 201 cm³/mol. The Hall–Kier alpha value is -3.04. The van der Waals surface area contributed by atoms with Gasteiger partial charge in [-0.2, -0.15) is 4.58 Å². The van der Waals surface area contributed by atoms with Gasteiger partial charge in [0.25, 0.3) is 0 Å². The van der Waals surface area contributed by atoms with Crippen LogP contribution in [-0.2, 0) is 28.9 Å². The van der Waals surface area contributed by atoms with Gasteiger partial charge in [0, 0.05) is 86.3 Å².